The van der Waals surface area contributed by atoms with Crippen LogP contribution < -0.4 is 5.32 Å². The minimum absolute atomic E-state index is 0.211. The number of nitrogens with one attached hydrogen (secondary N) is 1. The summed E-state index contributed by atoms with van der Waals surface area (Å²) in [5.41, 5.74) is 1.54. The maximum absolute atomic E-state index is 12.9. The number of hydrogen-bond acceptors (Lipinski definition) is 2. The van der Waals surface area contributed by atoms with Crippen LogP contribution in [0.5, 0.6) is 5.75 Å². The average Bonchev–Trinajstić information content (AvgIpc) is 2.33. The van der Waals surface area contributed by atoms with Gasteiger partial charge in [-0.25, -0.2) is 4.39 Å². The van der Waals surface area contributed by atoms with Gasteiger partial charge in [0.15, 0.2) is 0 Å². The highest BCUT2D eigenvalue weighted by Gasteiger charge is 2.06. The largest absolute Gasteiger partial charge is 0.506 e. The Morgan fingerprint density at radius 2 is 1.89 bits per heavy atom. The summed E-state index contributed by atoms with van der Waals surface area (Å²) in [4.78, 5) is 0. The zero-order valence-corrected chi connectivity index (χ0v) is 12.4. The number of hydrogen-bond donors (Lipinski definition) is 2. The van der Waals surface area contributed by atoms with Gasteiger partial charge in [-0.15, -0.1) is 0 Å². The van der Waals surface area contributed by atoms with E-state index in [1.165, 1.54) is 12.1 Å². The van der Waals surface area contributed by atoms with Crippen LogP contribution in [-0.4, -0.2) is 5.11 Å². The first-order chi connectivity index (χ1) is 8.58. The molecule has 18 heavy (non-hydrogen) atoms. The fourth-order valence-corrected chi connectivity index (χ4v) is 2.42. The first kappa shape index (κ1) is 13.4. The van der Waals surface area contributed by atoms with Crippen molar-refractivity contribution in [3.8, 4) is 5.75 Å². The number of para-hydroxylation sites is 1. The van der Waals surface area contributed by atoms with E-state index in [-0.39, 0.29) is 11.6 Å². The lowest BCUT2D eigenvalue weighted by Gasteiger charge is -2.10. The van der Waals surface area contributed by atoms with Crippen molar-refractivity contribution in [3.05, 3.63) is 56.7 Å². The summed E-state index contributed by atoms with van der Waals surface area (Å²) in [6.45, 7) is 0.454. The number of aromatic hydroxyl groups is 1. The van der Waals surface area contributed by atoms with E-state index in [2.05, 4.69) is 37.2 Å². The van der Waals surface area contributed by atoms with Crippen molar-refractivity contribution in [2.45, 2.75) is 6.54 Å². The van der Waals surface area contributed by atoms with Crippen LogP contribution >= 0.6 is 31.9 Å². The Balaban J connectivity index is 2.14. The highest BCUT2D eigenvalue weighted by atomic mass is 79.9. The summed E-state index contributed by atoms with van der Waals surface area (Å²) in [5, 5.41) is 13.0. The minimum atomic E-state index is -0.294. The van der Waals surface area contributed by atoms with Crippen LogP contribution in [0.15, 0.2) is 45.3 Å². The molecule has 0 saturated heterocycles. The van der Waals surface area contributed by atoms with E-state index in [0.29, 0.717) is 15.5 Å². The Morgan fingerprint density at radius 1 is 1.11 bits per heavy atom. The van der Waals surface area contributed by atoms with Gasteiger partial charge in [0.25, 0.3) is 0 Å². The fraction of sp³-hybridized carbons (Fsp3) is 0.0769. The smallest absolute Gasteiger partial charge is 0.134 e. The fourth-order valence-electron chi connectivity index (χ4n) is 1.53. The van der Waals surface area contributed by atoms with Gasteiger partial charge in [-0.1, -0.05) is 12.1 Å². The summed E-state index contributed by atoms with van der Waals surface area (Å²) >= 11 is 6.54. The molecule has 0 aliphatic carbocycles. The van der Waals surface area contributed by atoms with Crippen molar-refractivity contribution in [1.29, 1.82) is 0 Å². The van der Waals surface area contributed by atoms with Gasteiger partial charge in [-0.3, -0.25) is 0 Å². The third-order valence-corrected chi connectivity index (χ3v) is 3.77. The molecule has 0 atom stereocenters. The summed E-state index contributed by atoms with van der Waals surface area (Å²) in [6.07, 6.45) is 0. The molecule has 0 aromatic heterocycles. The highest BCUT2D eigenvalue weighted by molar-refractivity contribution is 9.11. The summed E-state index contributed by atoms with van der Waals surface area (Å²) in [6, 6.07) is 9.86. The van der Waals surface area contributed by atoms with Crippen molar-refractivity contribution < 1.29 is 9.50 Å². The number of phenolic OH excluding ortho intramolecular Hbond substituents is 1. The van der Waals surface area contributed by atoms with E-state index >= 15 is 0 Å². The second-order valence-corrected chi connectivity index (χ2v) is 5.43. The molecule has 2 nitrogen and oxygen atoms in total. The van der Waals surface area contributed by atoms with Gasteiger partial charge in [0.05, 0.1) is 4.47 Å². The molecule has 0 amide bonds. The molecule has 0 bridgehead atoms. The number of anilines is 1. The molecular formula is C13H10Br2FNO. The van der Waals surface area contributed by atoms with E-state index < -0.39 is 0 Å². The van der Waals surface area contributed by atoms with Gasteiger partial charge in [-0.05, 0) is 56.1 Å². The number of halogens is 3. The Bertz CT molecular complexity index is 575. The second-order valence-electron chi connectivity index (χ2n) is 3.73. The summed E-state index contributed by atoms with van der Waals surface area (Å²) in [7, 11) is 0. The van der Waals surface area contributed by atoms with Crippen LogP contribution in [-0.2, 0) is 6.54 Å². The molecule has 5 heteroatoms. The molecule has 0 spiro atoms. The molecule has 0 unspecified atom stereocenters. The molecule has 2 rings (SSSR count). The third kappa shape index (κ3) is 3.03. The van der Waals surface area contributed by atoms with E-state index in [1.54, 1.807) is 12.1 Å². The van der Waals surface area contributed by atoms with Gasteiger partial charge in [0, 0.05) is 22.3 Å². The molecule has 94 valence electrons. The van der Waals surface area contributed by atoms with Crippen molar-refractivity contribution in [2.75, 3.05) is 5.32 Å². The maximum Gasteiger partial charge on any atom is 0.134 e. The second kappa shape index (κ2) is 5.71. The lowest BCUT2D eigenvalue weighted by molar-refractivity contribution is 0.465. The highest BCUT2D eigenvalue weighted by Crippen LogP contribution is 2.29. The normalized spacial score (nSPS) is 10.4. The third-order valence-electron chi connectivity index (χ3n) is 2.47. The molecule has 0 aliphatic heterocycles. The van der Waals surface area contributed by atoms with Gasteiger partial charge in [0.1, 0.15) is 11.6 Å². The molecule has 2 N–H and O–H groups in total. The number of benzene rings is 2. The van der Waals surface area contributed by atoms with Crippen molar-refractivity contribution in [3.63, 3.8) is 0 Å². The standard InChI is InChI=1S/C13H10Br2FNO/c14-10-3-1-2-8(13(10)18)7-17-12-5-4-9(16)6-11(12)15/h1-6,17-18H,7H2. The van der Waals surface area contributed by atoms with E-state index in [0.717, 1.165) is 11.3 Å². The molecule has 0 radical (unpaired) electrons. The van der Waals surface area contributed by atoms with Gasteiger partial charge >= 0.3 is 0 Å². The van der Waals surface area contributed by atoms with Crippen LogP contribution in [0, 0.1) is 5.82 Å². The average molecular weight is 375 g/mol. The van der Waals surface area contributed by atoms with Gasteiger partial charge in [0.2, 0.25) is 0 Å². The topological polar surface area (TPSA) is 32.3 Å². The van der Waals surface area contributed by atoms with Crippen LogP contribution in [0.2, 0.25) is 0 Å². The van der Waals surface area contributed by atoms with Crippen molar-refractivity contribution in [2.24, 2.45) is 0 Å². The molecule has 2 aromatic carbocycles. The molecule has 0 aliphatic rings. The number of phenols is 1. The maximum atomic E-state index is 12.9. The monoisotopic (exact) mass is 373 g/mol. The first-order valence-electron chi connectivity index (χ1n) is 5.23. The predicted molar refractivity (Wildman–Crippen MR) is 77.2 cm³/mol. The van der Waals surface area contributed by atoms with Crippen molar-refractivity contribution >= 4 is 37.5 Å². The Morgan fingerprint density at radius 3 is 2.61 bits per heavy atom. The number of rotatable bonds is 3. The van der Waals surface area contributed by atoms with Crippen LogP contribution in [0.3, 0.4) is 0 Å². The zero-order valence-electron chi connectivity index (χ0n) is 9.25. The van der Waals surface area contributed by atoms with E-state index in [1.807, 2.05) is 12.1 Å². The Hall–Kier alpha value is -1.07. The summed E-state index contributed by atoms with van der Waals surface area (Å²) < 4.78 is 14.2. The molecule has 0 saturated carbocycles. The molecule has 0 heterocycles. The first-order valence-corrected chi connectivity index (χ1v) is 6.82. The summed E-state index contributed by atoms with van der Waals surface area (Å²) in [5.74, 6) is -0.0824. The van der Waals surface area contributed by atoms with Crippen LogP contribution in [0.1, 0.15) is 5.56 Å². The molecule has 0 fully saturated rings. The van der Waals surface area contributed by atoms with Gasteiger partial charge in [-0.2, -0.15) is 0 Å². The SMILES string of the molecule is Oc1c(Br)cccc1CNc1ccc(F)cc1Br. The van der Waals surface area contributed by atoms with Crippen molar-refractivity contribution in [1.82, 2.24) is 0 Å². The Labute approximate surface area is 121 Å². The molecule has 2 aromatic rings. The Kier molecular flexibility index (Phi) is 4.24. The van der Waals surface area contributed by atoms with Crippen LogP contribution in [0.4, 0.5) is 10.1 Å². The molecular weight excluding hydrogens is 365 g/mol. The lowest BCUT2D eigenvalue weighted by Crippen LogP contribution is -2.00. The van der Waals surface area contributed by atoms with Gasteiger partial charge < -0.3 is 10.4 Å². The van der Waals surface area contributed by atoms with Crippen LogP contribution in [0.25, 0.3) is 0 Å². The minimum Gasteiger partial charge on any atom is -0.506 e. The predicted octanol–water partition coefficient (Wildman–Crippen LogP) is 4.67. The zero-order chi connectivity index (χ0) is 13.1. The van der Waals surface area contributed by atoms with E-state index in [4.69, 9.17) is 0 Å². The quantitative estimate of drug-likeness (QED) is 0.818. The lowest BCUT2D eigenvalue weighted by atomic mass is 10.2. The van der Waals surface area contributed by atoms with E-state index in [9.17, 15) is 9.50 Å².